The van der Waals surface area contributed by atoms with E-state index in [2.05, 4.69) is 25.5 Å². The number of ether oxygens (including phenoxy) is 1. The largest absolute Gasteiger partial charge is 0.460 e. The number of esters is 1. The van der Waals surface area contributed by atoms with Crippen molar-refractivity contribution in [3.8, 4) is 0 Å². The Hall–Kier alpha value is -1.14. The van der Waals surface area contributed by atoms with E-state index in [1.807, 2.05) is 12.1 Å². The summed E-state index contributed by atoms with van der Waals surface area (Å²) >= 11 is 3.11. The quantitative estimate of drug-likeness (QED) is 0.472. The van der Waals surface area contributed by atoms with Gasteiger partial charge >= 0.3 is 29.6 Å². The van der Waals surface area contributed by atoms with E-state index < -0.39 is 12.6 Å². The van der Waals surface area contributed by atoms with Gasteiger partial charge in [0.05, 0.1) is 1.37 Å². The first kappa shape index (κ1) is 18.2. The molecule has 3 unspecified atom stereocenters. The molecule has 0 aromatic heterocycles. The fourth-order valence-corrected chi connectivity index (χ4v) is 5.80. The molecule has 1 aromatic rings. The van der Waals surface area contributed by atoms with Crippen LogP contribution >= 0.6 is 12.5 Å². The third-order valence-electron chi connectivity index (χ3n) is 6.89. The van der Waals surface area contributed by atoms with Gasteiger partial charge in [0.15, 0.2) is 0 Å². The zero-order valence-corrected chi connectivity index (χ0v) is 16.1. The predicted octanol–water partition coefficient (Wildman–Crippen LogP) is 3.33. The minimum absolute atomic E-state index is 0.0416. The molecular weight excluding hydrogens is 347 g/mol. The molecular formula is C20H27BO4S. The number of hydrogen-bond acceptors (Lipinski definition) is 4. The molecule has 6 heteroatoms. The number of rotatable bonds is 2. The number of carbonyl (C=O) groups is 1. The molecule has 1 N–H and O–H groups in total. The normalized spacial score (nSPS) is 34.8. The van der Waals surface area contributed by atoms with Gasteiger partial charge in [-0.15, -0.1) is 0 Å². The van der Waals surface area contributed by atoms with Crippen molar-refractivity contribution in [2.45, 2.75) is 57.5 Å². The molecule has 3 aliphatic carbocycles. The number of aryl methyl sites for hydroxylation is 1. The minimum atomic E-state index is -0.522. The Morgan fingerprint density at radius 2 is 2.19 bits per heavy atom. The van der Waals surface area contributed by atoms with Gasteiger partial charge in [0.1, 0.15) is 12.7 Å². The molecule has 0 saturated heterocycles. The summed E-state index contributed by atoms with van der Waals surface area (Å²) in [4.78, 5) is 11.6. The molecule has 0 aliphatic heterocycles. The molecule has 0 spiro atoms. The summed E-state index contributed by atoms with van der Waals surface area (Å²) in [7, 11) is 0. The van der Waals surface area contributed by atoms with Gasteiger partial charge in [0.2, 0.25) is 0 Å². The maximum atomic E-state index is 11.6. The van der Waals surface area contributed by atoms with Crippen LogP contribution in [0.4, 0.5) is 0 Å². The zero-order chi connectivity index (χ0) is 19.6. The van der Waals surface area contributed by atoms with Crippen molar-refractivity contribution in [1.29, 1.82) is 0 Å². The third kappa shape index (κ3) is 3.50. The van der Waals surface area contributed by atoms with Crippen LogP contribution in [0, 0.1) is 17.3 Å². The van der Waals surface area contributed by atoms with E-state index in [1.165, 1.54) is 17.5 Å². The zero-order valence-electron chi connectivity index (χ0n) is 16.2. The summed E-state index contributed by atoms with van der Waals surface area (Å²) in [5, 5.41) is 9.00. The van der Waals surface area contributed by atoms with Crippen LogP contribution < -0.4 is 0 Å². The number of thiol groups is 1. The van der Waals surface area contributed by atoms with Gasteiger partial charge in [0, 0.05) is 5.41 Å². The first-order valence-electron chi connectivity index (χ1n) is 9.92. The van der Waals surface area contributed by atoms with Crippen molar-refractivity contribution in [3.63, 3.8) is 0 Å². The summed E-state index contributed by atoms with van der Waals surface area (Å²) in [6.45, 7) is 1.77. The van der Waals surface area contributed by atoms with E-state index in [0.717, 1.165) is 32.1 Å². The van der Waals surface area contributed by atoms with E-state index in [1.54, 1.807) is 0 Å². The second kappa shape index (κ2) is 8.26. The molecule has 0 bridgehead atoms. The van der Waals surface area contributed by atoms with Crippen molar-refractivity contribution >= 4 is 24.9 Å². The minimum Gasteiger partial charge on any atom is -0.460 e. The number of benzene rings is 1. The van der Waals surface area contributed by atoms with Crippen LogP contribution in [0.25, 0.3) is 0 Å². The smallest absolute Gasteiger partial charge is 0.332 e. The van der Waals surface area contributed by atoms with Gasteiger partial charge in [-0.3, -0.25) is 0 Å². The Labute approximate surface area is 162 Å². The Morgan fingerprint density at radius 1 is 1.42 bits per heavy atom. The van der Waals surface area contributed by atoms with E-state index in [4.69, 9.17) is 15.9 Å². The first-order valence-corrected chi connectivity index (χ1v) is 9.93. The molecule has 2 fully saturated rings. The summed E-state index contributed by atoms with van der Waals surface area (Å²) in [5.74, 6) is 1.36. The Bertz CT molecular complexity index is 715. The predicted molar refractivity (Wildman–Crippen MR) is 103 cm³/mol. The van der Waals surface area contributed by atoms with Crippen molar-refractivity contribution in [1.82, 2.24) is 0 Å². The topological polar surface area (TPSA) is 63.6 Å². The monoisotopic (exact) mass is 376 g/mol. The van der Waals surface area contributed by atoms with Crippen LogP contribution in [0.3, 0.4) is 0 Å². The maximum absolute atomic E-state index is 11.6. The van der Waals surface area contributed by atoms with E-state index >= 15 is 0 Å². The molecule has 4 rings (SSSR count). The van der Waals surface area contributed by atoms with Crippen LogP contribution in [0.1, 0.15) is 57.4 Å². The second-order valence-corrected chi connectivity index (χ2v) is 8.12. The third-order valence-corrected chi connectivity index (χ3v) is 6.89. The SMILES string of the molecule is O=BS.[3H]c1ccc2c(c1)CCC1C2CC[C@@]2(C)C1CC[C@@H]2OC(=O)CO. The molecule has 4 nitrogen and oxygen atoms in total. The fraction of sp³-hybridized carbons (Fsp3) is 0.650. The molecule has 3 aliphatic rings. The van der Waals surface area contributed by atoms with Crippen LogP contribution in [-0.4, -0.2) is 30.2 Å². The number of aliphatic hydroxyl groups is 1. The fourth-order valence-electron chi connectivity index (χ4n) is 5.80. The average molecular weight is 376 g/mol. The van der Waals surface area contributed by atoms with Gasteiger partial charge in [-0.2, -0.15) is 0 Å². The number of carbonyl (C=O) groups excluding carboxylic acids is 1. The molecule has 5 atom stereocenters. The number of aliphatic hydroxyl groups excluding tert-OH is 1. The van der Waals surface area contributed by atoms with Crippen molar-refractivity contribution in [3.05, 3.63) is 35.4 Å². The average Bonchev–Trinajstić information content (AvgIpc) is 2.98. The summed E-state index contributed by atoms with van der Waals surface area (Å²) in [5.41, 5.74) is 2.88. The maximum Gasteiger partial charge on any atom is 0.332 e. The van der Waals surface area contributed by atoms with E-state index in [-0.39, 0.29) is 11.5 Å². The van der Waals surface area contributed by atoms with Gasteiger partial charge < -0.3 is 9.84 Å². The van der Waals surface area contributed by atoms with Crippen LogP contribution in [0.5, 0.6) is 0 Å². The molecule has 2 saturated carbocycles. The molecule has 140 valence electrons. The summed E-state index contributed by atoms with van der Waals surface area (Å²) in [6.07, 6.45) is 6.90. The Kier molecular flexibility index (Phi) is 5.79. The Balaban J connectivity index is 0.000000659. The first-order chi connectivity index (χ1) is 12.9. The second-order valence-electron chi connectivity index (χ2n) is 7.90. The molecule has 1 aromatic carbocycles. The van der Waals surface area contributed by atoms with Crippen molar-refractivity contribution in [2.24, 2.45) is 17.3 Å². The summed E-state index contributed by atoms with van der Waals surface area (Å²) < 4.78 is 22.1. The van der Waals surface area contributed by atoms with Gasteiger partial charge in [-0.05, 0) is 67.4 Å². The van der Waals surface area contributed by atoms with E-state index in [0.29, 0.717) is 30.2 Å². The van der Waals surface area contributed by atoms with Crippen LogP contribution in [-0.2, 0) is 20.7 Å². The van der Waals surface area contributed by atoms with Crippen LogP contribution in [0.15, 0.2) is 24.2 Å². The van der Waals surface area contributed by atoms with Gasteiger partial charge in [-0.25, -0.2) is 4.79 Å². The molecule has 0 heterocycles. The Morgan fingerprint density at radius 3 is 2.92 bits per heavy atom. The van der Waals surface area contributed by atoms with E-state index in [9.17, 15) is 4.79 Å². The van der Waals surface area contributed by atoms with Crippen molar-refractivity contribution in [2.75, 3.05) is 6.61 Å². The standard InChI is InChI=1S/C20H26O3.BHOS/c1-20-11-10-15-14-5-3-2-4-13(14)6-7-16(15)17(20)8-9-18(20)23-19(22)12-21;2-1-3/h2-5,15-18,21H,6-12H2,1H3;3H/t15?,16?,17?,18-,20-;/m0./s1/i2T;. The molecule has 0 amide bonds. The summed E-state index contributed by atoms with van der Waals surface area (Å²) in [6, 6.07) is 6.76. The molecule has 0 radical (unpaired) electrons. The van der Waals surface area contributed by atoms with Gasteiger partial charge in [-0.1, -0.05) is 31.2 Å². The van der Waals surface area contributed by atoms with Crippen molar-refractivity contribution < 1.29 is 20.7 Å². The number of fused-ring (bicyclic) bond motifs is 5. The van der Waals surface area contributed by atoms with Gasteiger partial charge in [0.25, 0.3) is 0 Å². The van der Waals surface area contributed by atoms with Crippen LogP contribution in [0.2, 0.25) is 0 Å². The number of hydrogen-bond donors (Lipinski definition) is 2. The molecule has 26 heavy (non-hydrogen) atoms.